The Hall–Kier alpha value is -0.570. The molecule has 0 unspecified atom stereocenters. The lowest BCUT2D eigenvalue weighted by molar-refractivity contribution is -0.153. The highest BCUT2D eigenvalue weighted by atomic mass is 16.6. The molecule has 0 aliphatic heterocycles. The van der Waals surface area contributed by atoms with Gasteiger partial charge in [0, 0.05) is 0 Å². The van der Waals surface area contributed by atoms with Gasteiger partial charge in [-0.25, -0.2) is 0 Å². The van der Waals surface area contributed by atoms with Crippen LogP contribution in [0.1, 0.15) is 59.3 Å². The number of carbonyl (C=O) groups is 1. The van der Waals surface area contributed by atoms with E-state index in [-0.39, 0.29) is 11.6 Å². The number of hydrogen-bond acceptors (Lipinski definition) is 3. The molecule has 1 N–H and O–H groups in total. The normalized spacial score (nSPS) is 18.1. The zero-order valence-electron chi connectivity index (χ0n) is 11.6. The number of esters is 1. The van der Waals surface area contributed by atoms with E-state index in [1.165, 1.54) is 38.5 Å². The van der Waals surface area contributed by atoms with E-state index in [1.54, 1.807) is 0 Å². The largest absolute Gasteiger partial charge is 0.459 e. The number of nitrogens with one attached hydrogen (secondary N) is 1. The van der Waals surface area contributed by atoms with Crippen LogP contribution < -0.4 is 5.32 Å². The van der Waals surface area contributed by atoms with Gasteiger partial charge in [-0.3, -0.25) is 4.79 Å². The predicted molar refractivity (Wildman–Crippen MR) is 69.9 cm³/mol. The average Bonchev–Trinajstić information content (AvgIpc) is 2.23. The van der Waals surface area contributed by atoms with Crippen LogP contribution in [0.5, 0.6) is 0 Å². The van der Waals surface area contributed by atoms with Crippen molar-refractivity contribution < 1.29 is 9.53 Å². The molecule has 0 aromatic heterocycles. The van der Waals surface area contributed by atoms with Crippen molar-refractivity contribution in [3.63, 3.8) is 0 Å². The minimum atomic E-state index is -0.373. The minimum absolute atomic E-state index is 0.152. The molecule has 0 radical (unpaired) electrons. The van der Waals surface area contributed by atoms with Crippen LogP contribution in [0.2, 0.25) is 0 Å². The summed E-state index contributed by atoms with van der Waals surface area (Å²) >= 11 is 0. The number of carbonyl (C=O) groups excluding carboxylic acids is 1. The lowest BCUT2D eigenvalue weighted by Gasteiger charge is -2.22. The molecule has 0 amide bonds. The Morgan fingerprint density at radius 3 is 2.47 bits per heavy atom. The van der Waals surface area contributed by atoms with E-state index in [1.807, 2.05) is 20.8 Å². The Kier molecular flexibility index (Phi) is 5.96. The molecular formula is C14H27NO2. The van der Waals surface area contributed by atoms with Gasteiger partial charge in [0.25, 0.3) is 0 Å². The summed E-state index contributed by atoms with van der Waals surface area (Å²) in [5.41, 5.74) is -0.373. The van der Waals surface area contributed by atoms with Crippen molar-refractivity contribution in [3.05, 3.63) is 0 Å². The zero-order chi connectivity index (χ0) is 12.7. The van der Waals surface area contributed by atoms with Crippen molar-refractivity contribution in [2.24, 2.45) is 5.92 Å². The van der Waals surface area contributed by atoms with Gasteiger partial charge in [-0.1, -0.05) is 32.1 Å². The molecular weight excluding hydrogens is 214 g/mol. The van der Waals surface area contributed by atoms with Crippen molar-refractivity contribution in [2.45, 2.75) is 64.9 Å². The van der Waals surface area contributed by atoms with Crippen molar-refractivity contribution in [1.29, 1.82) is 0 Å². The van der Waals surface area contributed by atoms with E-state index in [0.717, 1.165) is 12.5 Å². The van der Waals surface area contributed by atoms with Crippen LogP contribution in [0, 0.1) is 5.92 Å². The Morgan fingerprint density at radius 1 is 1.24 bits per heavy atom. The molecule has 0 heterocycles. The van der Waals surface area contributed by atoms with Gasteiger partial charge < -0.3 is 10.1 Å². The Bertz CT molecular complexity index is 227. The Morgan fingerprint density at radius 2 is 1.88 bits per heavy atom. The molecule has 1 rings (SSSR count). The van der Waals surface area contributed by atoms with Crippen molar-refractivity contribution in [3.8, 4) is 0 Å². The molecule has 0 saturated heterocycles. The SMILES string of the molecule is CC(C)(C)OC(=O)CNCCC1CCCCC1. The van der Waals surface area contributed by atoms with E-state index in [2.05, 4.69) is 5.32 Å². The summed E-state index contributed by atoms with van der Waals surface area (Å²) in [5.74, 6) is 0.719. The second-order valence-electron chi connectivity index (χ2n) is 6.06. The fraction of sp³-hybridized carbons (Fsp3) is 0.929. The van der Waals surface area contributed by atoms with Crippen LogP contribution in [0.15, 0.2) is 0 Å². The van der Waals surface area contributed by atoms with Crippen LogP contribution in [0.4, 0.5) is 0 Å². The molecule has 1 fully saturated rings. The highest BCUT2D eigenvalue weighted by molar-refractivity contribution is 5.72. The standard InChI is InChI=1S/C14H27NO2/c1-14(2,3)17-13(16)11-15-10-9-12-7-5-4-6-8-12/h12,15H,4-11H2,1-3H3. The van der Waals surface area contributed by atoms with E-state index >= 15 is 0 Å². The van der Waals surface area contributed by atoms with Crippen LogP contribution in [0.25, 0.3) is 0 Å². The first-order chi connectivity index (χ1) is 7.97. The Labute approximate surface area is 105 Å². The van der Waals surface area contributed by atoms with E-state index in [0.29, 0.717) is 6.54 Å². The second-order valence-corrected chi connectivity index (χ2v) is 6.06. The highest BCUT2D eigenvalue weighted by Crippen LogP contribution is 2.25. The highest BCUT2D eigenvalue weighted by Gasteiger charge is 2.16. The Balaban J connectivity index is 2.01. The lowest BCUT2D eigenvalue weighted by Crippen LogP contribution is -2.32. The topological polar surface area (TPSA) is 38.3 Å². The van der Waals surface area contributed by atoms with E-state index in [4.69, 9.17) is 4.74 Å². The molecule has 100 valence electrons. The summed E-state index contributed by atoms with van der Waals surface area (Å²) in [4.78, 5) is 11.4. The van der Waals surface area contributed by atoms with Crippen molar-refractivity contribution in [2.75, 3.05) is 13.1 Å². The van der Waals surface area contributed by atoms with E-state index in [9.17, 15) is 4.79 Å². The summed E-state index contributed by atoms with van der Waals surface area (Å²) in [6.07, 6.45) is 8.11. The fourth-order valence-corrected chi connectivity index (χ4v) is 2.35. The zero-order valence-corrected chi connectivity index (χ0v) is 11.6. The van der Waals surface area contributed by atoms with Gasteiger partial charge in [0.15, 0.2) is 0 Å². The molecule has 1 aliphatic carbocycles. The van der Waals surface area contributed by atoms with Crippen molar-refractivity contribution in [1.82, 2.24) is 5.32 Å². The average molecular weight is 241 g/mol. The third kappa shape index (κ3) is 7.37. The van der Waals surface area contributed by atoms with Gasteiger partial charge in [-0.05, 0) is 39.7 Å². The first-order valence-electron chi connectivity index (χ1n) is 6.90. The molecule has 1 saturated carbocycles. The minimum Gasteiger partial charge on any atom is -0.459 e. The third-order valence-electron chi connectivity index (χ3n) is 3.14. The van der Waals surface area contributed by atoms with Gasteiger partial charge in [0.2, 0.25) is 0 Å². The number of rotatable bonds is 5. The lowest BCUT2D eigenvalue weighted by atomic mass is 9.87. The van der Waals surface area contributed by atoms with Gasteiger partial charge in [0.1, 0.15) is 5.60 Å². The molecule has 17 heavy (non-hydrogen) atoms. The smallest absolute Gasteiger partial charge is 0.320 e. The summed E-state index contributed by atoms with van der Waals surface area (Å²) in [6, 6.07) is 0. The van der Waals surface area contributed by atoms with Crippen LogP contribution in [-0.2, 0) is 9.53 Å². The molecule has 0 aromatic carbocycles. The molecule has 1 aliphatic rings. The van der Waals surface area contributed by atoms with Crippen molar-refractivity contribution >= 4 is 5.97 Å². The second kappa shape index (κ2) is 7.00. The van der Waals surface area contributed by atoms with Crippen LogP contribution in [0.3, 0.4) is 0 Å². The molecule has 0 spiro atoms. The first kappa shape index (κ1) is 14.5. The molecule has 3 heteroatoms. The van der Waals surface area contributed by atoms with Gasteiger partial charge in [-0.15, -0.1) is 0 Å². The summed E-state index contributed by atoms with van der Waals surface area (Å²) in [5, 5.41) is 3.18. The monoisotopic (exact) mass is 241 g/mol. The molecule has 3 nitrogen and oxygen atoms in total. The maximum atomic E-state index is 11.4. The maximum absolute atomic E-state index is 11.4. The van der Waals surface area contributed by atoms with Crippen LogP contribution >= 0.6 is 0 Å². The van der Waals surface area contributed by atoms with E-state index < -0.39 is 0 Å². The van der Waals surface area contributed by atoms with Gasteiger partial charge in [-0.2, -0.15) is 0 Å². The predicted octanol–water partition coefficient (Wildman–Crippen LogP) is 2.89. The maximum Gasteiger partial charge on any atom is 0.320 e. The number of ether oxygens (including phenoxy) is 1. The van der Waals surface area contributed by atoms with Gasteiger partial charge in [0.05, 0.1) is 6.54 Å². The fourth-order valence-electron chi connectivity index (χ4n) is 2.35. The third-order valence-corrected chi connectivity index (χ3v) is 3.14. The summed E-state index contributed by atoms with van der Waals surface area (Å²) in [6.45, 7) is 6.96. The summed E-state index contributed by atoms with van der Waals surface area (Å²) in [7, 11) is 0. The molecule has 0 atom stereocenters. The quantitative estimate of drug-likeness (QED) is 0.594. The first-order valence-corrected chi connectivity index (χ1v) is 6.90. The number of hydrogen-bond donors (Lipinski definition) is 1. The molecule has 0 aromatic rings. The van der Waals surface area contributed by atoms with Gasteiger partial charge >= 0.3 is 5.97 Å². The summed E-state index contributed by atoms with van der Waals surface area (Å²) < 4.78 is 5.23. The molecule has 0 bridgehead atoms. The van der Waals surface area contributed by atoms with Crippen LogP contribution in [-0.4, -0.2) is 24.7 Å².